The summed E-state index contributed by atoms with van der Waals surface area (Å²) in [5, 5.41) is 5.11. The van der Waals surface area contributed by atoms with Crippen LogP contribution in [0.1, 0.15) is 42.6 Å². The maximum atomic E-state index is 12.7. The van der Waals surface area contributed by atoms with E-state index >= 15 is 0 Å². The van der Waals surface area contributed by atoms with Crippen molar-refractivity contribution in [3.8, 4) is 22.6 Å². The number of carbonyl (C=O) groups is 2. The summed E-state index contributed by atoms with van der Waals surface area (Å²) in [7, 11) is 1.60. The molecule has 0 radical (unpaired) electrons. The zero-order valence-corrected chi connectivity index (χ0v) is 20.4. The number of hydrogen-bond acceptors (Lipinski definition) is 6. The Hall–Kier alpha value is -3.58. The molecule has 0 aliphatic heterocycles. The molecule has 0 spiro atoms. The fraction of sp³-hybridized carbons (Fsp3) is 0.259. The first-order valence-electron chi connectivity index (χ1n) is 11.2. The maximum Gasteiger partial charge on any atom is 0.341 e. The minimum atomic E-state index is -0.483. The molecule has 2 aromatic carbocycles. The topological polar surface area (TPSA) is 73.9 Å². The normalized spacial score (nSPS) is 10.8. The molecule has 1 heterocycles. The van der Waals surface area contributed by atoms with Crippen LogP contribution < -0.4 is 14.8 Å². The number of hydrogen-bond donors (Lipinski definition) is 1. The molecule has 178 valence electrons. The number of thiophene rings is 1. The van der Waals surface area contributed by atoms with Gasteiger partial charge in [-0.15, -0.1) is 11.3 Å². The van der Waals surface area contributed by atoms with Crippen LogP contribution in [-0.2, 0) is 9.53 Å². The third kappa shape index (κ3) is 6.48. The van der Waals surface area contributed by atoms with Gasteiger partial charge in [-0.25, -0.2) is 4.79 Å². The minimum absolute atomic E-state index is 0.235. The van der Waals surface area contributed by atoms with Gasteiger partial charge in [-0.05, 0) is 43.2 Å². The van der Waals surface area contributed by atoms with E-state index < -0.39 is 5.97 Å². The summed E-state index contributed by atoms with van der Waals surface area (Å²) in [4.78, 5) is 25.5. The lowest BCUT2D eigenvalue weighted by Crippen LogP contribution is -2.12. The molecule has 0 unspecified atom stereocenters. The van der Waals surface area contributed by atoms with Crippen molar-refractivity contribution < 1.29 is 23.8 Å². The third-order valence-electron chi connectivity index (χ3n) is 5.00. The number of methoxy groups -OCH3 is 1. The van der Waals surface area contributed by atoms with Gasteiger partial charge >= 0.3 is 5.97 Å². The largest absolute Gasteiger partial charge is 0.497 e. The average Bonchev–Trinajstić information content (AvgIpc) is 3.27. The van der Waals surface area contributed by atoms with Gasteiger partial charge in [0.2, 0.25) is 5.91 Å². The van der Waals surface area contributed by atoms with Crippen molar-refractivity contribution >= 4 is 34.3 Å². The Bertz CT molecular complexity index is 1130. The first-order valence-corrected chi connectivity index (χ1v) is 12.1. The zero-order valence-electron chi connectivity index (χ0n) is 19.6. The molecule has 0 fully saturated rings. The highest BCUT2D eigenvalue weighted by Crippen LogP contribution is 2.37. The molecule has 1 amide bonds. The lowest BCUT2D eigenvalue weighted by molar-refractivity contribution is -0.111. The molecule has 7 heteroatoms. The molecule has 0 aliphatic carbocycles. The van der Waals surface area contributed by atoms with Gasteiger partial charge in [-0.1, -0.05) is 43.7 Å². The molecule has 34 heavy (non-hydrogen) atoms. The van der Waals surface area contributed by atoms with Gasteiger partial charge in [-0.2, -0.15) is 0 Å². The van der Waals surface area contributed by atoms with Crippen LogP contribution in [0.25, 0.3) is 17.2 Å². The molecule has 0 bridgehead atoms. The van der Waals surface area contributed by atoms with E-state index in [9.17, 15) is 9.59 Å². The molecule has 0 saturated carbocycles. The smallest absolute Gasteiger partial charge is 0.341 e. The summed E-state index contributed by atoms with van der Waals surface area (Å²) in [5.41, 5.74) is 2.67. The van der Waals surface area contributed by atoms with Crippen molar-refractivity contribution in [1.29, 1.82) is 0 Å². The van der Waals surface area contributed by atoms with Crippen LogP contribution in [0, 0.1) is 0 Å². The minimum Gasteiger partial charge on any atom is -0.497 e. The Labute approximate surface area is 204 Å². The van der Waals surface area contributed by atoms with E-state index in [4.69, 9.17) is 14.2 Å². The van der Waals surface area contributed by atoms with E-state index in [-0.39, 0.29) is 12.5 Å². The second-order valence-electron chi connectivity index (χ2n) is 7.36. The maximum absolute atomic E-state index is 12.7. The van der Waals surface area contributed by atoms with Crippen molar-refractivity contribution in [1.82, 2.24) is 0 Å². The van der Waals surface area contributed by atoms with Crippen LogP contribution in [0.3, 0.4) is 0 Å². The Morgan fingerprint density at radius 3 is 2.53 bits per heavy atom. The molecule has 3 rings (SSSR count). The molecule has 6 nitrogen and oxygen atoms in total. The zero-order chi connectivity index (χ0) is 24.3. The SMILES string of the molecule is CCCCOc1ccccc1/C=C/C(=O)Nc1scc(-c2ccc(OC)cc2)c1C(=O)OCC. The number of nitrogens with one attached hydrogen (secondary N) is 1. The van der Waals surface area contributed by atoms with Crippen LogP contribution in [0.5, 0.6) is 11.5 Å². The Balaban J connectivity index is 1.81. The number of anilines is 1. The number of ether oxygens (including phenoxy) is 3. The fourth-order valence-electron chi connectivity index (χ4n) is 3.23. The lowest BCUT2D eigenvalue weighted by Gasteiger charge is -2.09. The van der Waals surface area contributed by atoms with E-state index in [1.54, 1.807) is 20.1 Å². The van der Waals surface area contributed by atoms with Gasteiger partial charge in [0.25, 0.3) is 0 Å². The molecule has 0 atom stereocenters. The van der Waals surface area contributed by atoms with E-state index in [2.05, 4.69) is 12.2 Å². The van der Waals surface area contributed by atoms with Gasteiger partial charge < -0.3 is 19.5 Å². The molecular formula is C27H29NO5S. The number of para-hydroxylation sites is 1. The third-order valence-corrected chi connectivity index (χ3v) is 5.89. The number of unbranched alkanes of at least 4 members (excludes halogenated alkanes) is 1. The highest BCUT2D eigenvalue weighted by Gasteiger charge is 2.22. The van der Waals surface area contributed by atoms with Gasteiger partial charge in [0.05, 0.1) is 20.3 Å². The van der Waals surface area contributed by atoms with Gasteiger partial charge in [0, 0.05) is 22.6 Å². The lowest BCUT2D eigenvalue weighted by atomic mass is 10.0. The van der Waals surface area contributed by atoms with E-state index in [1.807, 2.05) is 53.9 Å². The van der Waals surface area contributed by atoms with Crippen molar-refractivity contribution in [3.63, 3.8) is 0 Å². The molecule has 0 aliphatic rings. The number of benzene rings is 2. The first-order chi connectivity index (χ1) is 16.6. The summed E-state index contributed by atoms with van der Waals surface area (Å²) in [6.07, 6.45) is 5.15. The molecule has 0 saturated heterocycles. The van der Waals surface area contributed by atoms with E-state index in [0.717, 1.165) is 29.7 Å². The standard InChI is InChI=1S/C27H29NO5S/c1-4-6-17-33-23-10-8-7-9-20(23)13-16-24(29)28-26-25(27(30)32-5-2)22(18-34-26)19-11-14-21(31-3)15-12-19/h7-16,18H,4-6,17H2,1-3H3,(H,28,29)/b16-13+. The monoisotopic (exact) mass is 479 g/mol. The average molecular weight is 480 g/mol. The second kappa shape index (κ2) is 12.6. The number of amides is 1. The number of rotatable bonds is 11. The Morgan fingerprint density at radius 2 is 1.82 bits per heavy atom. The number of carbonyl (C=O) groups excluding carboxylic acids is 2. The van der Waals surface area contributed by atoms with Crippen LogP contribution in [0.4, 0.5) is 5.00 Å². The molecule has 1 aromatic heterocycles. The first kappa shape index (κ1) is 25.1. The summed E-state index contributed by atoms with van der Waals surface area (Å²) >= 11 is 1.28. The fourth-order valence-corrected chi connectivity index (χ4v) is 4.19. The number of esters is 1. The second-order valence-corrected chi connectivity index (χ2v) is 8.24. The van der Waals surface area contributed by atoms with E-state index in [0.29, 0.717) is 28.5 Å². The summed E-state index contributed by atoms with van der Waals surface area (Å²) in [5.74, 6) is 0.611. The molecule has 1 N–H and O–H groups in total. The van der Waals surface area contributed by atoms with E-state index in [1.165, 1.54) is 17.4 Å². The van der Waals surface area contributed by atoms with Crippen molar-refractivity contribution in [3.05, 3.63) is 71.1 Å². The predicted octanol–water partition coefficient (Wildman–Crippen LogP) is 6.43. The van der Waals surface area contributed by atoms with Crippen molar-refractivity contribution in [2.45, 2.75) is 26.7 Å². The van der Waals surface area contributed by atoms with Crippen LogP contribution in [0.15, 0.2) is 60.0 Å². The quantitative estimate of drug-likeness (QED) is 0.195. The summed E-state index contributed by atoms with van der Waals surface area (Å²) in [6.45, 7) is 4.71. The van der Waals surface area contributed by atoms with Crippen LogP contribution in [-0.4, -0.2) is 32.2 Å². The van der Waals surface area contributed by atoms with Gasteiger partial charge in [0.1, 0.15) is 22.1 Å². The highest BCUT2D eigenvalue weighted by atomic mass is 32.1. The predicted molar refractivity (Wildman–Crippen MR) is 137 cm³/mol. The van der Waals surface area contributed by atoms with Crippen molar-refractivity contribution in [2.24, 2.45) is 0 Å². The Morgan fingerprint density at radius 1 is 1.06 bits per heavy atom. The molecular weight excluding hydrogens is 450 g/mol. The van der Waals surface area contributed by atoms with Crippen LogP contribution in [0.2, 0.25) is 0 Å². The summed E-state index contributed by atoms with van der Waals surface area (Å²) < 4.78 is 16.3. The molecule has 3 aromatic rings. The van der Waals surface area contributed by atoms with Gasteiger partial charge in [0.15, 0.2) is 0 Å². The Kier molecular flexibility index (Phi) is 9.29. The highest BCUT2D eigenvalue weighted by molar-refractivity contribution is 7.15. The van der Waals surface area contributed by atoms with Crippen molar-refractivity contribution in [2.75, 3.05) is 25.6 Å². The van der Waals surface area contributed by atoms with Gasteiger partial charge in [-0.3, -0.25) is 4.79 Å². The summed E-state index contributed by atoms with van der Waals surface area (Å²) in [6, 6.07) is 14.9. The van der Waals surface area contributed by atoms with Crippen LogP contribution >= 0.6 is 11.3 Å².